The van der Waals surface area contributed by atoms with Crippen LogP contribution in [0.2, 0.25) is 0 Å². The van der Waals surface area contributed by atoms with Gasteiger partial charge in [-0.25, -0.2) is 23.1 Å². The summed E-state index contributed by atoms with van der Waals surface area (Å²) in [6.07, 6.45) is 5.82. The Labute approximate surface area is 215 Å². The van der Waals surface area contributed by atoms with E-state index in [1.807, 2.05) is 17.2 Å². The van der Waals surface area contributed by atoms with E-state index in [1.165, 1.54) is 6.92 Å². The first-order chi connectivity index (χ1) is 17.8. The molecule has 0 bridgehead atoms. The number of amides is 2. The number of benzene rings is 1. The summed E-state index contributed by atoms with van der Waals surface area (Å²) in [5, 5.41) is 3.61. The second-order valence-electron chi connectivity index (χ2n) is 9.73. The molecule has 1 aromatic carbocycles. The van der Waals surface area contributed by atoms with E-state index >= 15 is 0 Å². The molecule has 37 heavy (non-hydrogen) atoms. The van der Waals surface area contributed by atoms with Gasteiger partial charge < -0.3 is 20.1 Å². The average Bonchev–Trinajstić information content (AvgIpc) is 3.44. The summed E-state index contributed by atoms with van der Waals surface area (Å²) in [4.78, 5) is 40.4. The van der Waals surface area contributed by atoms with Gasteiger partial charge in [-0.2, -0.15) is 0 Å². The van der Waals surface area contributed by atoms with Gasteiger partial charge in [-0.3, -0.25) is 9.59 Å². The molecular formula is C25H31N7O4S. The summed E-state index contributed by atoms with van der Waals surface area (Å²) in [6.45, 7) is 4.07. The van der Waals surface area contributed by atoms with Crippen LogP contribution in [0.15, 0.2) is 42.9 Å². The topological polar surface area (TPSA) is 140 Å². The molecule has 1 saturated carbocycles. The number of nitrogens with one attached hydrogen (secondary N) is 3. The standard InChI is InChI=1S/C25H31N7O4S/c1-18(33)26-10-2-11-30-37(35,36)15-19-3-5-20(6-4-19)24(34)32-14-13-31(16-25(32)8-9-25)23-21-7-12-27-22(21)28-17-29-23/h3-7,12,17,30H,2,8-11,13-16H2,1H3,(H,26,33)(H,27,28,29). The number of sulfonamides is 1. The predicted molar refractivity (Wildman–Crippen MR) is 139 cm³/mol. The average molecular weight is 526 g/mol. The van der Waals surface area contributed by atoms with Crippen molar-refractivity contribution in [1.29, 1.82) is 0 Å². The maximum Gasteiger partial charge on any atom is 0.254 e. The number of H-pyrrole nitrogens is 1. The molecule has 1 aliphatic carbocycles. The van der Waals surface area contributed by atoms with E-state index in [0.29, 0.717) is 37.2 Å². The lowest BCUT2D eigenvalue weighted by Gasteiger charge is -2.43. The zero-order valence-corrected chi connectivity index (χ0v) is 21.6. The molecule has 0 unspecified atom stereocenters. The number of anilines is 1. The molecule has 3 heterocycles. The van der Waals surface area contributed by atoms with Crippen LogP contribution in [0.3, 0.4) is 0 Å². The SMILES string of the molecule is CC(=O)NCCCNS(=O)(=O)Cc1ccc(C(=O)N2CCN(c3ncnc4[nH]ccc34)CC23CC3)cc1. The number of carbonyl (C=O) groups is 2. The normalized spacial score (nSPS) is 16.8. The van der Waals surface area contributed by atoms with Gasteiger partial charge in [-0.1, -0.05) is 12.1 Å². The number of rotatable bonds is 9. The van der Waals surface area contributed by atoms with Crippen LogP contribution in [-0.2, 0) is 20.6 Å². The van der Waals surface area contributed by atoms with E-state index in [1.54, 1.807) is 30.6 Å². The van der Waals surface area contributed by atoms with Crippen molar-refractivity contribution in [3.05, 3.63) is 54.0 Å². The van der Waals surface area contributed by atoms with Crippen molar-refractivity contribution in [2.75, 3.05) is 37.6 Å². The van der Waals surface area contributed by atoms with Gasteiger partial charge in [-0.05, 0) is 43.0 Å². The molecular weight excluding hydrogens is 494 g/mol. The van der Waals surface area contributed by atoms with Gasteiger partial charge in [0.15, 0.2) is 0 Å². The number of piperazine rings is 1. The molecule has 3 N–H and O–H groups in total. The van der Waals surface area contributed by atoms with Crippen molar-refractivity contribution in [3.63, 3.8) is 0 Å². The molecule has 1 saturated heterocycles. The molecule has 196 valence electrons. The number of aromatic amines is 1. The van der Waals surface area contributed by atoms with Gasteiger partial charge in [0.2, 0.25) is 15.9 Å². The Morgan fingerprint density at radius 1 is 1.08 bits per heavy atom. The molecule has 2 aromatic heterocycles. The number of fused-ring (bicyclic) bond motifs is 1. The Balaban J connectivity index is 1.19. The third-order valence-corrected chi connectivity index (χ3v) is 8.32. The molecule has 11 nitrogen and oxygen atoms in total. The van der Waals surface area contributed by atoms with Gasteiger partial charge in [0.1, 0.15) is 17.8 Å². The third-order valence-electron chi connectivity index (χ3n) is 6.96. The maximum absolute atomic E-state index is 13.4. The fraction of sp³-hybridized carbons (Fsp3) is 0.440. The minimum atomic E-state index is -3.52. The number of carbonyl (C=O) groups excluding carboxylic acids is 2. The highest BCUT2D eigenvalue weighted by atomic mass is 32.2. The van der Waals surface area contributed by atoms with Crippen LogP contribution in [-0.4, -0.2) is 78.3 Å². The number of hydrogen-bond acceptors (Lipinski definition) is 7. The lowest BCUT2D eigenvalue weighted by molar-refractivity contribution is -0.118. The van der Waals surface area contributed by atoms with E-state index in [2.05, 4.69) is 29.9 Å². The molecule has 2 fully saturated rings. The molecule has 1 spiro atoms. The first-order valence-corrected chi connectivity index (χ1v) is 14.1. The second kappa shape index (κ2) is 10.1. The number of aromatic nitrogens is 3. The maximum atomic E-state index is 13.4. The van der Waals surface area contributed by atoms with E-state index in [0.717, 1.165) is 36.2 Å². The zero-order chi connectivity index (χ0) is 26.0. The van der Waals surface area contributed by atoms with Crippen molar-refractivity contribution < 1.29 is 18.0 Å². The monoisotopic (exact) mass is 525 g/mol. The van der Waals surface area contributed by atoms with E-state index in [4.69, 9.17) is 0 Å². The molecule has 5 rings (SSSR count). The molecule has 12 heteroatoms. The highest BCUT2D eigenvalue weighted by Crippen LogP contribution is 2.46. The van der Waals surface area contributed by atoms with Gasteiger partial charge >= 0.3 is 0 Å². The third kappa shape index (κ3) is 5.59. The summed E-state index contributed by atoms with van der Waals surface area (Å²) >= 11 is 0. The smallest absolute Gasteiger partial charge is 0.254 e. The van der Waals surface area contributed by atoms with E-state index < -0.39 is 10.0 Å². The van der Waals surface area contributed by atoms with Crippen molar-refractivity contribution in [3.8, 4) is 0 Å². The van der Waals surface area contributed by atoms with Crippen LogP contribution < -0.4 is 14.9 Å². The Morgan fingerprint density at radius 3 is 2.59 bits per heavy atom. The van der Waals surface area contributed by atoms with Crippen LogP contribution in [0, 0.1) is 0 Å². The largest absolute Gasteiger partial charge is 0.356 e. The minimum Gasteiger partial charge on any atom is -0.356 e. The van der Waals surface area contributed by atoms with Crippen molar-refractivity contribution in [2.24, 2.45) is 0 Å². The van der Waals surface area contributed by atoms with Crippen LogP contribution in [0.4, 0.5) is 5.82 Å². The van der Waals surface area contributed by atoms with Crippen molar-refractivity contribution in [1.82, 2.24) is 29.9 Å². The summed E-state index contributed by atoms with van der Waals surface area (Å²) in [7, 11) is -3.52. The van der Waals surface area contributed by atoms with E-state index in [-0.39, 0.29) is 29.7 Å². The number of hydrogen-bond donors (Lipinski definition) is 3. The van der Waals surface area contributed by atoms with Crippen LogP contribution in [0.1, 0.15) is 42.1 Å². The highest BCUT2D eigenvalue weighted by Gasteiger charge is 2.53. The lowest BCUT2D eigenvalue weighted by Crippen LogP contribution is -2.57. The summed E-state index contributed by atoms with van der Waals surface area (Å²) in [5.41, 5.74) is 1.76. The van der Waals surface area contributed by atoms with Crippen LogP contribution >= 0.6 is 0 Å². The predicted octanol–water partition coefficient (Wildman–Crippen LogP) is 1.40. The summed E-state index contributed by atoms with van der Waals surface area (Å²) in [5.74, 6) is 0.545. The van der Waals surface area contributed by atoms with Gasteiger partial charge in [0.25, 0.3) is 5.91 Å². The fourth-order valence-corrected chi connectivity index (χ4v) is 6.10. The quantitative estimate of drug-likeness (QED) is 0.359. The minimum absolute atomic E-state index is 0.0304. The van der Waals surface area contributed by atoms with Gasteiger partial charge in [0.05, 0.1) is 16.7 Å². The molecule has 1 aliphatic heterocycles. The summed E-state index contributed by atoms with van der Waals surface area (Å²) < 4.78 is 27.3. The summed E-state index contributed by atoms with van der Waals surface area (Å²) in [6, 6.07) is 8.79. The highest BCUT2D eigenvalue weighted by molar-refractivity contribution is 7.88. The molecule has 3 aromatic rings. The second-order valence-corrected chi connectivity index (χ2v) is 11.5. The van der Waals surface area contributed by atoms with Crippen LogP contribution in [0.25, 0.3) is 11.0 Å². The van der Waals surface area contributed by atoms with E-state index in [9.17, 15) is 18.0 Å². The molecule has 0 radical (unpaired) electrons. The Bertz CT molecular complexity index is 1400. The van der Waals surface area contributed by atoms with Crippen molar-refractivity contribution >= 4 is 38.7 Å². The first-order valence-electron chi connectivity index (χ1n) is 12.4. The Morgan fingerprint density at radius 2 is 1.86 bits per heavy atom. The lowest BCUT2D eigenvalue weighted by atomic mass is 10.1. The fourth-order valence-electron chi connectivity index (χ4n) is 4.91. The van der Waals surface area contributed by atoms with Gasteiger partial charge in [0, 0.05) is 51.4 Å². The zero-order valence-electron chi connectivity index (χ0n) is 20.7. The molecule has 2 aliphatic rings. The first kappa shape index (κ1) is 25.2. The Hall–Kier alpha value is -3.51. The molecule has 2 amide bonds. The van der Waals surface area contributed by atoms with Crippen molar-refractivity contribution in [2.45, 2.75) is 37.5 Å². The van der Waals surface area contributed by atoms with Crippen LogP contribution in [0.5, 0.6) is 0 Å². The number of nitrogens with zero attached hydrogens (tertiary/aromatic N) is 4. The Kier molecular flexibility index (Phi) is 6.86. The molecule has 0 atom stereocenters. The van der Waals surface area contributed by atoms with Gasteiger partial charge in [-0.15, -0.1) is 0 Å².